The molecule has 0 fully saturated rings. The van der Waals surface area contributed by atoms with Crippen LogP contribution < -0.4 is 5.32 Å². The highest BCUT2D eigenvalue weighted by atomic mass is 16.6. The summed E-state index contributed by atoms with van der Waals surface area (Å²) in [5.74, 6) is -0.116. The molecular weight excluding hydrogens is 232 g/mol. The van der Waals surface area contributed by atoms with E-state index in [2.05, 4.69) is 5.32 Å². The van der Waals surface area contributed by atoms with E-state index in [0.717, 1.165) is 6.42 Å². The molecular formula is C13H26N2O3. The molecule has 0 heterocycles. The molecule has 0 aliphatic rings. The minimum atomic E-state index is -0.584. The van der Waals surface area contributed by atoms with Crippen LogP contribution in [0.2, 0.25) is 0 Å². The number of alkyl carbamates (subject to hydrolysis) is 1. The van der Waals surface area contributed by atoms with Crippen LogP contribution >= 0.6 is 0 Å². The maximum absolute atomic E-state index is 12.0. The van der Waals surface area contributed by atoms with Crippen LogP contribution in [0.15, 0.2) is 0 Å². The van der Waals surface area contributed by atoms with Crippen LogP contribution in [0.3, 0.4) is 0 Å². The number of rotatable bonds is 4. The van der Waals surface area contributed by atoms with Gasteiger partial charge in [0.1, 0.15) is 11.6 Å². The van der Waals surface area contributed by atoms with E-state index in [-0.39, 0.29) is 11.9 Å². The molecule has 18 heavy (non-hydrogen) atoms. The standard InChI is InChI=1S/C13H26N2O3/c1-8-9(2)15(7)11(16)10(3)14-12(17)18-13(4,5)6/h9-10H,8H2,1-7H3,(H,14,17)/t9-,10-/m0/s1. The first-order valence-corrected chi connectivity index (χ1v) is 6.34. The van der Waals surface area contributed by atoms with Crippen molar-refractivity contribution in [2.24, 2.45) is 0 Å². The van der Waals surface area contributed by atoms with E-state index in [0.29, 0.717) is 0 Å². The van der Waals surface area contributed by atoms with E-state index in [1.165, 1.54) is 0 Å². The lowest BCUT2D eigenvalue weighted by Crippen LogP contribution is -2.49. The van der Waals surface area contributed by atoms with Crippen LogP contribution in [-0.4, -0.2) is 41.6 Å². The zero-order valence-corrected chi connectivity index (χ0v) is 12.5. The summed E-state index contributed by atoms with van der Waals surface area (Å²) in [5, 5.41) is 2.54. The lowest BCUT2D eigenvalue weighted by Gasteiger charge is -2.28. The number of nitrogens with one attached hydrogen (secondary N) is 1. The molecule has 0 bridgehead atoms. The minimum absolute atomic E-state index is 0.116. The molecule has 0 aromatic rings. The van der Waals surface area contributed by atoms with Crippen LogP contribution in [-0.2, 0) is 9.53 Å². The van der Waals surface area contributed by atoms with Gasteiger partial charge in [-0.3, -0.25) is 4.79 Å². The molecule has 2 amide bonds. The molecule has 5 heteroatoms. The third-order valence-corrected chi connectivity index (χ3v) is 2.70. The van der Waals surface area contributed by atoms with Gasteiger partial charge in [0.15, 0.2) is 0 Å². The quantitative estimate of drug-likeness (QED) is 0.840. The van der Waals surface area contributed by atoms with Gasteiger partial charge in [0, 0.05) is 13.1 Å². The highest BCUT2D eigenvalue weighted by Gasteiger charge is 2.24. The van der Waals surface area contributed by atoms with Gasteiger partial charge in [-0.25, -0.2) is 4.79 Å². The second-order valence-electron chi connectivity index (χ2n) is 5.57. The Labute approximate surface area is 110 Å². The topological polar surface area (TPSA) is 58.6 Å². The van der Waals surface area contributed by atoms with Gasteiger partial charge in [-0.1, -0.05) is 6.92 Å². The molecule has 0 aromatic carbocycles. The molecule has 0 aromatic heterocycles. The molecule has 0 saturated heterocycles. The first-order chi connectivity index (χ1) is 8.08. The van der Waals surface area contributed by atoms with Crippen molar-refractivity contribution in [1.82, 2.24) is 10.2 Å². The Hall–Kier alpha value is -1.26. The van der Waals surface area contributed by atoms with E-state index in [4.69, 9.17) is 4.74 Å². The van der Waals surface area contributed by atoms with Gasteiger partial charge >= 0.3 is 6.09 Å². The molecule has 5 nitrogen and oxygen atoms in total. The fraction of sp³-hybridized carbons (Fsp3) is 0.846. The van der Waals surface area contributed by atoms with Crippen molar-refractivity contribution in [3.05, 3.63) is 0 Å². The summed E-state index contributed by atoms with van der Waals surface area (Å²) in [7, 11) is 1.74. The summed E-state index contributed by atoms with van der Waals surface area (Å²) in [6.07, 6.45) is 0.308. The summed E-state index contributed by atoms with van der Waals surface area (Å²) in [5.41, 5.74) is -0.560. The van der Waals surface area contributed by atoms with Crippen molar-refractivity contribution in [1.29, 1.82) is 0 Å². The molecule has 106 valence electrons. The highest BCUT2D eigenvalue weighted by Crippen LogP contribution is 2.08. The summed E-state index contributed by atoms with van der Waals surface area (Å²) in [4.78, 5) is 25.2. The Morgan fingerprint density at radius 3 is 2.17 bits per heavy atom. The molecule has 0 spiro atoms. The van der Waals surface area contributed by atoms with E-state index in [1.54, 1.807) is 39.6 Å². The number of likely N-dealkylation sites (N-methyl/N-ethyl adjacent to an activating group) is 1. The Balaban J connectivity index is 4.36. The normalized spacial score (nSPS) is 14.6. The van der Waals surface area contributed by atoms with Gasteiger partial charge in [0.25, 0.3) is 0 Å². The first-order valence-electron chi connectivity index (χ1n) is 6.34. The van der Waals surface area contributed by atoms with Crippen LogP contribution in [0.4, 0.5) is 4.79 Å². The van der Waals surface area contributed by atoms with Crippen molar-refractivity contribution in [3.8, 4) is 0 Å². The number of carbonyl (C=O) groups is 2. The molecule has 1 N–H and O–H groups in total. The SMILES string of the molecule is CC[C@H](C)N(C)C(=O)[C@H](C)NC(=O)OC(C)(C)C. The Kier molecular flexibility index (Phi) is 6.15. The first kappa shape index (κ1) is 16.7. The number of hydrogen-bond acceptors (Lipinski definition) is 3. The third kappa shape index (κ3) is 5.89. The average Bonchev–Trinajstić information content (AvgIpc) is 2.22. The minimum Gasteiger partial charge on any atom is -0.444 e. The Morgan fingerprint density at radius 2 is 1.78 bits per heavy atom. The predicted molar refractivity (Wildman–Crippen MR) is 71.4 cm³/mol. The molecule has 2 atom stereocenters. The monoisotopic (exact) mass is 258 g/mol. The van der Waals surface area contributed by atoms with Gasteiger partial charge in [-0.2, -0.15) is 0 Å². The third-order valence-electron chi connectivity index (χ3n) is 2.70. The number of amides is 2. The average molecular weight is 258 g/mol. The van der Waals surface area contributed by atoms with Gasteiger partial charge in [0.2, 0.25) is 5.91 Å². The molecule has 0 rings (SSSR count). The largest absolute Gasteiger partial charge is 0.444 e. The number of hydrogen-bond donors (Lipinski definition) is 1. The maximum Gasteiger partial charge on any atom is 0.408 e. The number of nitrogens with zero attached hydrogens (tertiary/aromatic N) is 1. The molecule has 0 aliphatic carbocycles. The maximum atomic E-state index is 12.0. The second kappa shape index (κ2) is 6.61. The Morgan fingerprint density at radius 1 is 1.28 bits per heavy atom. The van der Waals surface area contributed by atoms with Crippen LogP contribution in [0, 0.1) is 0 Å². The van der Waals surface area contributed by atoms with E-state index in [1.807, 2.05) is 13.8 Å². The van der Waals surface area contributed by atoms with Gasteiger partial charge < -0.3 is 15.0 Å². The zero-order chi connectivity index (χ0) is 14.5. The van der Waals surface area contributed by atoms with Crippen molar-refractivity contribution >= 4 is 12.0 Å². The van der Waals surface area contributed by atoms with Crippen molar-refractivity contribution in [2.75, 3.05) is 7.05 Å². The smallest absolute Gasteiger partial charge is 0.408 e. The van der Waals surface area contributed by atoms with E-state index < -0.39 is 17.7 Å². The summed E-state index contributed by atoms with van der Waals surface area (Å²) < 4.78 is 5.10. The summed E-state index contributed by atoms with van der Waals surface area (Å²) >= 11 is 0. The lowest BCUT2D eigenvalue weighted by molar-refractivity contribution is -0.133. The fourth-order valence-electron chi connectivity index (χ4n) is 1.34. The van der Waals surface area contributed by atoms with E-state index >= 15 is 0 Å². The second-order valence-corrected chi connectivity index (χ2v) is 5.57. The summed E-state index contributed by atoms with van der Waals surface area (Å²) in [6.45, 7) is 11.0. The van der Waals surface area contributed by atoms with Crippen molar-refractivity contribution in [3.63, 3.8) is 0 Å². The Bertz CT molecular complexity index is 297. The molecule has 0 aliphatic heterocycles. The zero-order valence-electron chi connectivity index (χ0n) is 12.5. The van der Waals surface area contributed by atoms with Crippen molar-refractivity contribution in [2.45, 2.75) is 65.6 Å². The predicted octanol–water partition coefficient (Wildman–Crippen LogP) is 2.16. The summed E-state index contributed by atoms with van der Waals surface area (Å²) in [6, 6.07) is -0.431. The number of ether oxygens (including phenoxy) is 1. The van der Waals surface area contributed by atoms with Crippen LogP contribution in [0.25, 0.3) is 0 Å². The van der Waals surface area contributed by atoms with E-state index in [9.17, 15) is 9.59 Å². The molecule has 0 radical (unpaired) electrons. The van der Waals surface area contributed by atoms with Gasteiger partial charge in [-0.05, 0) is 41.0 Å². The number of carbonyl (C=O) groups excluding carboxylic acids is 2. The van der Waals surface area contributed by atoms with Crippen molar-refractivity contribution < 1.29 is 14.3 Å². The van der Waals surface area contributed by atoms with Gasteiger partial charge in [0.05, 0.1) is 0 Å². The van der Waals surface area contributed by atoms with Crippen LogP contribution in [0.5, 0.6) is 0 Å². The molecule has 0 unspecified atom stereocenters. The lowest BCUT2D eigenvalue weighted by atomic mass is 10.2. The van der Waals surface area contributed by atoms with Crippen LogP contribution in [0.1, 0.15) is 48.0 Å². The fourth-order valence-corrected chi connectivity index (χ4v) is 1.34. The van der Waals surface area contributed by atoms with Gasteiger partial charge in [-0.15, -0.1) is 0 Å². The molecule has 0 saturated carbocycles. The highest BCUT2D eigenvalue weighted by molar-refractivity contribution is 5.85.